The Bertz CT molecular complexity index is 655. The number of fused-ring (bicyclic) bond motifs is 1. The Kier molecular flexibility index (Phi) is 4.68. The van der Waals surface area contributed by atoms with Crippen LogP contribution < -0.4 is 10.6 Å². The lowest BCUT2D eigenvalue weighted by molar-refractivity contribution is -0.121. The minimum Gasteiger partial charge on any atom is -0.374 e. The molecule has 0 aliphatic carbocycles. The van der Waals surface area contributed by atoms with E-state index in [4.69, 9.17) is 11.6 Å². The highest BCUT2D eigenvalue weighted by Gasteiger charge is 2.17. The molecule has 0 radical (unpaired) electrons. The summed E-state index contributed by atoms with van der Waals surface area (Å²) in [7, 11) is 0. The molecule has 1 heterocycles. The Labute approximate surface area is 129 Å². The molecule has 0 saturated carbocycles. The van der Waals surface area contributed by atoms with Crippen molar-refractivity contribution >= 4 is 34.1 Å². The van der Waals surface area contributed by atoms with Crippen LogP contribution in [0.25, 0.3) is 10.9 Å². The van der Waals surface area contributed by atoms with Crippen LogP contribution in [0, 0.1) is 0 Å². The molecular weight excluding hydrogens is 286 g/mol. The van der Waals surface area contributed by atoms with E-state index in [0.29, 0.717) is 5.02 Å². The minimum atomic E-state index is -0.195. The van der Waals surface area contributed by atoms with Gasteiger partial charge in [-0.05, 0) is 44.5 Å². The van der Waals surface area contributed by atoms with Gasteiger partial charge in [0.15, 0.2) is 0 Å². The third-order valence-electron chi connectivity index (χ3n) is 3.52. The quantitative estimate of drug-likeness (QED) is 0.887. The van der Waals surface area contributed by atoms with Gasteiger partial charge in [0.1, 0.15) is 0 Å². The monoisotopic (exact) mass is 305 g/mol. The molecule has 0 aliphatic rings. The van der Waals surface area contributed by atoms with Crippen LogP contribution in [0.3, 0.4) is 0 Å². The average Bonchev–Trinajstić information content (AvgIpc) is 2.46. The molecule has 0 unspecified atom stereocenters. The van der Waals surface area contributed by atoms with Crippen LogP contribution in [-0.4, -0.2) is 23.0 Å². The third kappa shape index (κ3) is 3.85. The number of amides is 1. The second kappa shape index (κ2) is 6.31. The van der Waals surface area contributed by atoms with Crippen molar-refractivity contribution in [2.45, 2.75) is 32.7 Å². The zero-order chi connectivity index (χ0) is 15.5. The number of carbonyl (C=O) groups excluding carboxylic acids is 1. The van der Waals surface area contributed by atoms with E-state index in [0.717, 1.165) is 23.0 Å². The summed E-state index contributed by atoms with van der Waals surface area (Å²) in [4.78, 5) is 16.3. The van der Waals surface area contributed by atoms with Gasteiger partial charge in [0.2, 0.25) is 5.91 Å². The van der Waals surface area contributed by atoms with Gasteiger partial charge >= 0.3 is 0 Å². The molecule has 0 saturated heterocycles. The van der Waals surface area contributed by atoms with E-state index < -0.39 is 0 Å². The average molecular weight is 306 g/mol. The van der Waals surface area contributed by atoms with Crippen LogP contribution >= 0.6 is 11.6 Å². The van der Waals surface area contributed by atoms with E-state index >= 15 is 0 Å². The minimum absolute atomic E-state index is 0.0409. The first-order valence-electron chi connectivity index (χ1n) is 7.01. The maximum absolute atomic E-state index is 12.0. The van der Waals surface area contributed by atoms with Gasteiger partial charge in [-0.15, -0.1) is 0 Å². The van der Waals surface area contributed by atoms with Crippen LogP contribution in [0.1, 0.15) is 27.2 Å². The van der Waals surface area contributed by atoms with Gasteiger partial charge < -0.3 is 10.6 Å². The highest BCUT2D eigenvalue weighted by Crippen LogP contribution is 2.27. The zero-order valence-corrected chi connectivity index (χ0v) is 13.3. The predicted molar refractivity (Wildman–Crippen MR) is 87.8 cm³/mol. The Balaban J connectivity index is 2.11. The Morgan fingerprint density at radius 2 is 2.10 bits per heavy atom. The SMILES string of the molecule is CCC(C)(C)NC(=O)CNc1ccc(Cl)c2cccnc12. The summed E-state index contributed by atoms with van der Waals surface area (Å²) in [5.41, 5.74) is 1.38. The van der Waals surface area contributed by atoms with Gasteiger partial charge in [0.25, 0.3) is 0 Å². The highest BCUT2D eigenvalue weighted by molar-refractivity contribution is 6.35. The van der Waals surface area contributed by atoms with Crippen molar-refractivity contribution in [1.82, 2.24) is 10.3 Å². The number of rotatable bonds is 5. The molecule has 2 rings (SSSR count). The van der Waals surface area contributed by atoms with Crippen molar-refractivity contribution < 1.29 is 4.79 Å². The molecule has 2 N–H and O–H groups in total. The van der Waals surface area contributed by atoms with Crippen molar-refractivity contribution in [2.75, 3.05) is 11.9 Å². The van der Waals surface area contributed by atoms with Crippen molar-refractivity contribution in [3.63, 3.8) is 0 Å². The Morgan fingerprint density at radius 3 is 2.81 bits per heavy atom. The number of aromatic nitrogens is 1. The molecule has 1 aromatic heterocycles. The maximum Gasteiger partial charge on any atom is 0.239 e. The molecule has 0 atom stereocenters. The topological polar surface area (TPSA) is 54.0 Å². The summed E-state index contributed by atoms with van der Waals surface area (Å²) in [6.45, 7) is 6.26. The molecule has 5 heteroatoms. The van der Waals surface area contributed by atoms with Gasteiger partial charge in [-0.25, -0.2) is 0 Å². The second-order valence-corrected chi connectivity index (χ2v) is 6.04. The van der Waals surface area contributed by atoms with E-state index in [-0.39, 0.29) is 18.0 Å². The van der Waals surface area contributed by atoms with Gasteiger partial charge in [-0.1, -0.05) is 18.5 Å². The molecule has 21 heavy (non-hydrogen) atoms. The fourth-order valence-electron chi connectivity index (χ4n) is 1.97. The number of nitrogens with zero attached hydrogens (tertiary/aromatic N) is 1. The fourth-order valence-corrected chi connectivity index (χ4v) is 2.18. The molecule has 0 spiro atoms. The molecule has 1 amide bonds. The van der Waals surface area contributed by atoms with Gasteiger partial charge in [-0.3, -0.25) is 9.78 Å². The standard InChI is InChI=1S/C16H20ClN3O/c1-4-16(2,3)20-14(21)10-19-13-8-7-12(17)11-6-5-9-18-15(11)13/h5-9,19H,4,10H2,1-3H3,(H,20,21). The molecular formula is C16H20ClN3O. The lowest BCUT2D eigenvalue weighted by Crippen LogP contribution is -2.45. The van der Waals surface area contributed by atoms with Crippen LogP contribution in [0.4, 0.5) is 5.69 Å². The summed E-state index contributed by atoms with van der Waals surface area (Å²) in [6.07, 6.45) is 2.59. The lowest BCUT2D eigenvalue weighted by Gasteiger charge is -2.24. The molecule has 112 valence electrons. The number of benzene rings is 1. The van der Waals surface area contributed by atoms with Gasteiger partial charge in [0, 0.05) is 17.1 Å². The smallest absolute Gasteiger partial charge is 0.239 e. The normalized spacial score (nSPS) is 11.4. The lowest BCUT2D eigenvalue weighted by atomic mass is 10.0. The third-order valence-corrected chi connectivity index (χ3v) is 3.85. The fraction of sp³-hybridized carbons (Fsp3) is 0.375. The molecule has 1 aromatic carbocycles. The van der Waals surface area contributed by atoms with Crippen LogP contribution in [0.5, 0.6) is 0 Å². The first-order valence-corrected chi connectivity index (χ1v) is 7.39. The first-order chi connectivity index (χ1) is 9.93. The van der Waals surface area contributed by atoms with Crippen LogP contribution in [-0.2, 0) is 4.79 Å². The largest absolute Gasteiger partial charge is 0.374 e. The number of pyridine rings is 1. The van der Waals surface area contributed by atoms with Gasteiger partial charge in [-0.2, -0.15) is 0 Å². The predicted octanol–water partition coefficient (Wildman–Crippen LogP) is 3.60. The number of nitrogens with one attached hydrogen (secondary N) is 2. The summed E-state index contributed by atoms with van der Waals surface area (Å²) < 4.78 is 0. The van der Waals surface area contributed by atoms with E-state index in [1.165, 1.54) is 0 Å². The summed E-state index contributed by atoms with van der Waals surface area (Å²) in [5.74, 6) is -0.0409. The van der Waals surface area contributed by atoms with Crippen molar-refractivity contribution in [3.8, 4) is 0 Å². The number of carbonyl (C=O) groups is 1. The van der Waals surface area contributed by atoms with Crippen LogP contribution in [0.2, 0.25) is 5.02 Å². The maximum atomic E-state index is 12.0. The Hall–Kier alpha value is -1.81. The molecule has 4 nitrogen and oxygen atoms in total. The number of hydrogen-bond acceptors (Lipinski definition) is 3. The molecule has 0 fully saturated rings. The van der Waals surface area contributed by atoms with Crippen molar-refractivity contribution in [3.05, 3.63) is 35.5 Å². The summed E-state index contributed by atoms with van der Waals surface area (Å²) in [5, 5.41) is 7.64. The van der Waals surface area contributed by atoms with E-state index in [9.17, 15) is 4.79 Å². The van der Waals surface area contributed by atoms with Crippen molar-refractivity contribution in [2.24, 2.45) is 0 Å². The molecule has 2 aromatic rings. The van der Waals surface area contributed by atoms with Gasteiger partial charge in [0.05, 0.1) is 22.8 Å². The number of anilines is 1. The van der Waals surface area contributed by atoms with E-state index in [1.54, 1.807) is 6.20 Å². The van der Waals surface area contributed by atoms with Crippen LogP contribution in [0.15, 0.2) is 30.5 Å². The highest BCUT2D eigenvalue weighted by atomic mass is 35.5. The number of halogens is 1. The Morgan fingerprint density at radius 1 is 1.33 bits per heavy atom. The second-order valence-electron chi connectivity index (χ2n) is 5.63. The van der Waals surface area contributed by atoms with E-state index in [1.807, 2.05) is 45.0 Å². The zero-order valence-electron chi connectivity index (χ0n) is 12.5. The number of hydrogen-bond donors (Lipinski definition) is 2. The van der Waals surface area contributed by atoms with E-state index in [2.05, 4.69) is 15.6 Å². The molecule has 0 bridgehead atoms. The summed E-state index contributed by atoms with van der Waals surface area (Å²) >= 11 is 6.15. The molecule has 0 aliphatic heterocycles. The van der Waals surface area contributed by atoms with Crippen molar-refractivity contribution in [1.29, 1.82) is 0 Å². The first kappa shape index (κ1) is 15.6. The summed E-state index contributed by atoms with van der Waals surface area (Å²) in [6, 6.07) is 7.41.